The van der Waals surface area contributed by atoms with Crippen LogP contribution in [0.1, 0.15) is 50.3 Å². The van der Waals surface area contributed by atoms with E-state index in [1.165, 1.54) is 22.4 Å². The standard InChI is InChI=1S/C29H36N4O.C2H6/c1-3-31(20-25-10-8-24(2)9-11-25)22-27-6-4-5-7-29(27)33(23-34)21-26-14-18-32(19-15-26)28-12-16-30-17-13-28;1-2/h4-13,16-17,23,26H,3,14-15,18-22H2,1-2H3;1-2H3. The minimum Gasteiger partial charge on any atom is -0.371 e. The van der Waals surface area contributed by atoms with Gasteiger partial charge < -0.3 is 9.80 Å². The summed E-state index contributed by atoms with van der Waals surface area (Å²) in [5, 5.41) is 0. The number of carbonyl (C=O) groups excluding carboxylic acids is 1. The summed E-state index contributed by atoms with van der Waals surface area (Å²) in [5.74, 6) is 0.506. The first-order valence-corrected chi connectivity index (χ1v) is 13.4. The molecule has 1 amide bonds. The Kier molecular flexibility index (Phi) is 11.0. The van der Waals surface area contributed by atoms with Gasteiger partial charge in [-0.05, 0) is 61.6 Å². The van der Waals surface area contributed by atoms with Crippen molar-refractivity contribution in [2.45, 2.75) is 53.6 Å². The van der Waals surface area contributed by atoms with Crippen molar-refractivity contribution in [1.82, 2.24) is 9.88 Å². The molecule has 1 aliphatic rings. The van der Waals surface area contributed by atoms with Gasteiger partial charge in [-0.3, -0.25) is 14.7 Å². The molecule has 0 saturated carbocycles. The maximum absolute atomic E-state index is 12.2. The molecule has 0 unspecified atom stereocenters. The van der Waals surface area contributed by atoms with E-state index in [9.17, 15) is 4.79 Å². The Morgan fingerprint density at radius 2 is 1.61 bits per heavy atom. The lowest BCUT2D eigenvalue weighted by Crippen LogP contribution is -2.39. The second-order valence-corrected chi connectivity index (χ2v) is 9.31. The van der Waals surface area contributed by atoms with Crippen LogP contribution < -0.4 is 9.80 Å². The van der Waals surface area contributed by atoms with E-state index in [-0.39, 0.29) is 0 Å². The molecule has 1 fully saturated rings. The van der Waals surface area contributed by atoms with Gasteiger partial charge in [-0.25, -0.2) is 0 Å². The van der Waals surface area contributed by atoms with E-state index >= 15 is 0 Å². The number of piperidine rings is 1. The van der Waals surface area contributed by atoms with Crippen LogP contribution >= 0.6 is 0 Å². The van der Waals surface area contributed by atoms with Crippen molar-refractivity contribution in [3.05, 3.63) is 89.7 Å². The summed E-state index contributed by atoms with van der Waals surface area (Å²) in [4.78, 5) is 23.1. The Morgan fingerprint density at radius 3 is 2.25 bits per heavy atom. The van der Waals surface area contributed by atoms with Crippen molar-refractivity contribution in [3.63, 3.8) is 0 Å². The number of nitrogens with zero attached hydrogens (tertiary/aromatic N) is 4. The zero-order valence-electron chi connectivity index (χ0n) is 22.4. The summed E-state index contributed by atoms with van der Waals surface area (Å²) in [6.07, 6.45) is 6.90. The third kappa shape index (κ3) is 7.66. The molecular weight excluding hydrogens is 444 g/mol. The monoisotopic (exact) mass is 486 g/mol. The molecule has 0 bridgehead atoms. The molecule has 1 aliphatic heterocycles. The molecule has 36 heavy (non-hydrogen) atoms. The van der Waals surface area contributed by atoms with Crippen LogP contribution in [0.4, 0.5) is 11.4 Å². The molecule has 0 atom stereocenters. The minimum absolute atomic E-state index is 0.506. The number of hydrogen-bond donors (Lipinski definition) is 0. The molecule has 2 heterocycles. The average molecular weight is 487 g/mol. The first-order valence-electron chi connectivity index (χ1n) is 13.4. The van der Waals surface area contributed by atoms with Gasteiger partial charge in [0.2, 0.25) is 6.41 Å². The molecule has 0 radical (unpaired) electrons. The Balaban J connectivity index is 0.00000176. The maximum Gasteiger partial charge on any atom is 0.214 e. The average Bonchev–Trinajstić information content (AvgIpc) is 2.95. The molecule has 5 nitrogen and oxygen atoms in total. The van der Waals surface area contributed by atoms with Crippen LogP contribution in [0.5, 0.6) is 0 Å². The SMILES string of the molecule is CC.CCN(Cc1ccc(C)cc1)Cc1ccccc1N(C=O)CC1CCN(c2ccncc2)CC1. The summed E-state index contributed by atoms with van der Waals surface area (Å²) < 4.78 is 0. The third-order valence-corrected chi connectivity index (χ3v) is 6.89. The third-order valence-electron chi connectivity index (χ3n) is 6.89. The smallest absolute Gasteiger partial charge is 0.214 e. The van der Waals surface area contributed by atoms with Crippen molar-refractivity contribution in [1.29, 1.82) is 0 Å². The summed E-state index contributed by atoms with van der Waals surface area (Å²) >= 11 is 0. The maximum atomic E-state index is 12.2. The fourth-order valence-corrected chi connectivity index (χ4v) is 4.80. The fourth-order valence-electron chi connectivity index (χ4n) is 4.80. The Labute approximate surface area is 217 Å². The van der Waals surface area contributed by atoms with Crippen molar-refractivity contribution in [3.8, 4) is 0 Å². The number of carbonyl (C=O) groups is 1. The zero-order valence-corrected chi connectivity index (χ0v) is 22.4. The molecule has 3 aromatic rings. The molecule has 0 N–H and O–H groups in total. The van der Waals surface area contributed by atoms with Gasteiger partial charge in [-0.1, -0.05) is 68.8 Å². The molecule has 1 saturated heterocycles. The molecular formula is C31H42N4O. The first-order chi connectivity index (χ1) is 17.7. The van der Waals surface area contributed by atoms with Gasteiger partial charge in [0.1, 0.15) is 0 Å². The topological polar surface area (TPSA) is 39.7 Å². The Bertz CT molecular complexity index is 1030. The largest absolute Gasteiger partial charge is 0.371 e. The van der Waals surface area contributed by atoms with E-state index in [1.807, 2.05) is 37.2 Å². The molecule has 0 aliphatic carbocycles. The van der Waals surface area contributed by atoms with Gasteiger partial charge in [0, 0.05) is 56.5 Å². The first kappa shape index (κ1) is 27.4. The number of aryl methyl sites for hydroxylation is 1. The van der Waals surface area contributed by atoms with Crippen molar-refractivity contribution < 1.29 is 4.79 Å². The number of rotatable bonds is 10. The van der Waals surface area contributed by atoms with Crippen LogP contribution in [-0.2, 0) is 17.9 Å². The normalized spacial score (nSPS) is 13.8. The zero-order chi connectivity index (χ0) is 25.8. The van der Waals surface area contributed by atoms with Crippen LogP contribution in [0.2, 0.25) is 0 Å². The number of hydrogen-bond acceptors (Lipinski definition) is 4. The minimum atomic E-state index is 0.506. The number of pyridine rings is 1. The Hall–Kier alpha value is -3.18. The van der Waals surface area contributed by atoms with Gasteiger partial charge >= 0.3 is 0 Å². The lowest BCUT2D eigenvalue weighted by atomic mass is 9.95. The number of anilines is 2. The quantitative estimate of drug-likeness (QED) is 0.315. The predicted octanol–water partition coefficient (Wildman–Crippen LogP) is 6.32. The number of amides is 1. The number of para-hydroxylation sites is 1. The highest BCUT2D eigenvalue weighted by molar-refractivity contribution is 5.77. The van der Waals surface area contributed by atoms with Gasteiger partial charge in [0.25, 0.3) is 0 Å². The molecule has 5 heteroatoms. The highest BCUT2D eigenvalue weighted by Gasteiger charge is 2.23. The summed E-state index contributed by atoms with van der Waals surface area (Å²) in [7, 11) is 0. The second kappa shape index (κ2) is 14.4. The van der Waals surface area contributed by atoms with E-state index in [4.69, 9.17) is 0 Å². The van der Waals surface area contributed by atoms with E-state index < -0.39 is 0 Å². The van der Waals surface area contributed by atoms with Gasteiger partial charge in [0.15, 0.2) is 0 Å². The van der Waals surface area contributed by atoms with Crippen molar-refractivity contribution >= 4 is 17.8 Å². The lowest BCUT2D eigenvalue weighted by Gasteiger charge is -2.35. The molecule has 0 spiro atoms. The highest BCUT2D eigenvalue weighted by atomic mass is 16.1. The number of benzene rings is 2. The van der Waals surface area contributed by atoms with E-state index in [0.29, 0.717) is 5.92 Å². The van der Waals surface area contributed by atoms with Gasteiger partial charge in [-0.15, -0.1) is 0 Å². The lowest BCUT2D eigenvalue weighted by molar-refractivity contribution is -0.107. The van der Waals surface area contributed by atoms with Crippen LogP contribution in [0.25, 0.3) is 0 Å². The Morgan fingerprint density at radius 1 is 0.944 bits per heavy atom. The van der Waals surface area contributed by atoms with Crippen LogP contribution in [0, 0.1) is 12.8 Å². The number of aromatic nitrogens is 1. The van der Waals surface area contributed by atoms with Crippen LogP contribution in [0.15, 0.2) is 73.1 Å². The highest BCUT2D eigenvalue weighted by Crippen LogP contribution is 2.27. The molecule has 192 valence electrons. The van der Waals surface area contributed by atoms with Crippen molar-refractivity contribution in [2.24, 2.45) is 5.92 Å². The summed E-state index contributed by atoms with van der Waals surface area (Å²) in [6.45, 7) is 13.8. The second-order valence-electron chi connectivity index (χ2n) is 9.31. The fraction of sp³-hybridized carbons (Fsp3) is 0.419. The van der Waals surface area contributed by atoms with Gasteiger partial charge in [0.05, 0.1) is 0 Å². The summed E-state index contributed by atoms with van der Waals surface area (Å²) in [6, 6.07) is 21.3. The van der Waals surface area contributed by atoms with Gasteiger partial charge in [-0.2, -0.15) is 0 Å². The predicted molar refractivity (Wildman–Crippen MR) is 151 cm³/mol. The van der Waals surface area contributed by atoms with Crippen LogP contribution in [-0.4, -0.2) is 42.5 Å². The van der Waals surface area contributed by atoms with E-state index in [2.05, 4.69) is 83.2 Å². The van der Waals surface area contributed by atoms with Crippen molar-refractivity contribution in [2.75, 3.05) is 36.0 Å². The molecule has 2 aromatic carbocycles. The molecule has 1 aromatic heterocycles. The summed E-state index contributed by atoms with van der Waals surface area (Å²) in [5.41, 5.74) is 6.08. The van der Waals surface area contributed by atoms with Crippen LogP contribution in [0.3, 0.4) is 0 Å². The molecule has 4 rings (SSSR count). The van der Waals surface area contributed by atoms with E-state index in [1.54, 1.807) is 0 Å². The van der Waals surface area contributed by atoms with E-state index in [0.717, 1.165) is 64.2 Å².